The second kappa shape index (κ2) is 6.63. The summed E-state index contributed by atoms with van der Waals surface area (Å²) in [5.41, 5.74) is 1.58. The van der Waals surface area contributed by atoms with Crippen molar-refractivity contribution in [2.45, 2.75) is 50.5 Å². The standard InChI is InChI=1S/C16H25NS/c1-4-15(17-5-2)12(3)10-13-11-18-16-9-7-6-8-14(13)16/h6-9,12-13,15,17H,4-5,10-11H2,1-3H3. The van der Waals surface area contributed by atoms with Crippen LogP contribution >= 0.6 is 11.8 Å². The molecule has 100 valence electrons. The third-order valence-electron chi connectivity index (χ3n) is 4.05. The average molecular weight is 263 g/mol. The SMILES string of the molecule is CCNC(CC)C(C)CC1CSc2ccccc21. The lowest BCUT2D eigenvalue weighted by Gasteiger charge is -2.26. The molecule has 0 saturated heterocycles. The van der Waals surface area contributed by atoms with Crippen LogP contribution in [0.5, 0.6) is 0 Å². The van der Waals surface area contributed by atoms with Gasteiger partial charge in [-0.15, -0.1) is 11.8 Å². The highest BCUT2D eigenvalue weighted by Crippen LogP contribution is 2.42. The van der Waals surface area contributed by atoms with E-state index in [2.05, 4.69) is 50.4 Å². The van der Waals surface area contributed by atoms with E-state index in [1.54, 1.807) is 5.56 Å². The Morgan fingerprint density at radius 1 is 1.33 bits per heavy atom. The van der Waals surface area contributed by atoms with Crippen molar-refractivity contribution in [2.24, 2.45) is 5.92 Å². The van der Waals surface area contributed by atoms with E-state index in [0.29, 0.717) is 6.04 Å². The molecule has 1 N–H and O–H groups in total. The molecular weight excluding hydrogens is 238 g/mol. The molecule has 1 aromatic rings. The van der Waals surface area contributed by atoms with Crippen molar-refractivity contribution in [2.75, 3.05) is 12.3 Å². The summed E-state index contributed by atoms with van der Waals surface area (Å²) >= 11 is 2.03. The lowest BCUT2D eigenvalue weighted by molar-refractivity contribution is 0.339. The average Bonchev–Trinajstić information content (AvgIpc) is 2.79. The molecule has 0 saturated carbocycles. The molecule has 0 spiro atoms. The number of rotatable bonds is 6. The van der Waals surface area contributed by atoms with Crippen LogP contribution in [0, 0.1) is 5.92 Å². The highest BCUT2D eigenvalue weighted by atomic mass is 32.2. The monoisotopic (exact) mass is 263 g/mol. The molecular formula is C16H25NS. The quantitative estimate of drug-likeness (QED) is 0.821. The molecule has 0 aliphatic carbocycles. The Bertz CT molecular complexity index is 377. The zero-order chi connectivity index (χ0) is 13.0. The summed E-state index contributed by atoms with van der Waals surface area (Å²) in [5, 5.41) is 3.62. The van der Waals surface area contributed by atoms with Crippen molar-refractivity contribution in [3.8, 4) is 0 Å². The molecule has 1 aliphatic heterocycles. The number of benzene rings is 1. The first-order valence-corrected chi connectivity index (χ1v) is 8.19. The molecule has 18 heavy (non-hydrogen) atoms. The summed E-state index contributed by atoms with van der Waals surface area (Å²) in [5.74, 6) is 2.78. The van der Waals surface area contributed by atoms with Crippen LogP contribution in [0.15, 0.2) is 29.2 Å². The summed E-state index contributed by atoms with van der Waals surface area (Å²) < 4.78 is 0. The van der Waals surface area contributed by atoms with E-state index in [1.807, 2.05) is 11.8 Å². The predicted molar refractivity (Wildman–Crippen MR) is 81.4 cm³/mol. The van der Waals surface area contributed by atoms with E-state index in [1.165, 1.54) is 23.5 Å². The minimum Gasteiger partial charge on any atom is -0.314 e. The lowest BCUT2D eigenvalue weighted by Crippen LogP contribution is -2.35. The molecule has 0 bridgehead atoms. The fourth-order valence-electron chi connectivity index (χ4n) is 3.05. The van der Waals surface area contributed by atoms with Gasteiger partial charge in [0.25, 0.3) is 0 Å². The van der Waals surface area contributed by atoms with Crippen LogP contribution < -0.4 is 5.32 Å². The van der Waals surface area contributed by atoms with E-state index < -0.39 is 0 Å². The van der Waals surface area contributed by atoms with Crippen LogP contribution in [0.1, 0.15) is 45.1 Å². The Morgan fingerprint density at radius 2 is 2.11 bits per heavy atom. The molecule has 3 atom stereocenters. The summed E-state index contributed by atoms with van der Waals surface area (Å²) in [6, 6.07) is 9.61. The second-order valence-electron chi connectivity index (χ2n) is 5.33. The molecule has 0 amide bonds. The molecule has 0 radical (unpaired) electrons. The molecule has 0 fully saturated rings. The maximum Gasteiger partial charge on any atom is 0.0107 e. The Hall–Kier alpha value is -0.470. The van der Waals surface area contributed by atoms with Crippen LogP contribution in [0.3, 0.4) is 0 Å². The van der Waals surface area contributed by atoms with Crippen LogP contribution in [0.25, 0.3) is 0 Å². The normalized spacial score (nSPS) is 21.6. The zero-order valence-corrected chi connectivity index (χ0v) is 12.6. The van der Waals surface area contributed by atoms with Crippen molar-refractivity contribution in [1.29, 1.82) is 0 Å². The molecule has 0 aromatic heterocycles. The predicted octanol–water partition coefficient (Wildman–Crippen LogP) is 4.29. The minimum absolute atomic E-state index is 0.674. The largest absolute Gasteiger partial charge is 0.314 e. The van der Waals surface area contributed by atoms with Crippen LogP contribution in [-0.4, -0.2) is 18.3 Å². The van der Waals surface area contributed by atoms with Gasteiger partial charge in [0.05, 0.1) is 0 Å². The van der Waals surface area contributed by atoms with Gasteiger partial charge in [0.1, 0.15) is 0 Å². The van der Waals surface area contributed by atoms with E-state index >= 15 is 0 Å². The number of thioether (sulfide) groups is 1. The van der Waals surface area contributed by atoms with E-state index in [4.69, 9.17) is 0 Å². The molecule has 3 unspecified atom stereocenters. The van der Waals surface area contributed by atoms with Gasteiger partial charge < -0.3 is 5.32 Å². The Morgan fingerprint density at radius 3 is 2.83 bits per heavy atom. The number of hydrogen-bond donors (Lipinski definition) is 1. The van der Waals surface area contributed by atoms with Crippen LogP contribution in [-0.2, 0) is 0 Å². The summed E-state index contributed by atoms with van der Waals surface area (Å²) in [4.78, 5) is 1.51. The minimum atomic E-state index is 0.674. The Balaban J connectivity index is 1.98. The maximum absolute atomic E-state index is 3.62. The van der Waals surface area contributed by atoms with Crippen LogP contribution in [0.2, 0.25) is 0 Å². The number of fused-ring (bicyclic) bond motifs is 1. The van der Waals surface area contributed by atoms with Crippen molar-refractivity contribution in [1.82, 2.24) is 5.32 Å². The van der Waals surface area contributed by atoms with Gasteiger partial charge in [-0.05, 0) is 42.9 Å². The molecule has 1 aliphatic rings. The molecule has 1 heterocycles. The van der Waals surface area contributed by atoms with Crippen molar-refractivity contribution >= 4 is 11.8 Å². The number of hydrogen-bond acceptors (Lipinski definition) is 2. The molecule has 1 nitrogen and oxygen atoms in total. The first-order valence-electron chi connectivity index (χ1n) is 7.21. The first kappa shape index (κ1) is 14.0. The topological polar surface area (TPSA) is 12.0 Å². The van der Waals surface area contributed by atoms with Gasteiger partial charge in [-0.1, -0.05) is 39.0 Å². The summed E-state index contributed by atoms with van der Waals surface area (Å²) in [6.45, 7) is 7.98. The highest BCUT2D eigenvalue weighted by Gasteiger charge is 2.26. The highest BCUT2D eigenvalue weighted by molar-refractivity contribution is 7.99. The Kier molecular flexibility index (Phi) is 5.13. The second-order valence-corrected chi connectivity index (χ2v) is 6.39. The van der Waals surface area contributed by atoms with Crippen molar-refractivity contribution in [3.63, 3.8) is 0 Å². The van der Waals surface area contributed by atoms with Gasteiger partial charge in [-0.3, -0.25) is 0 Å². The van der Waals surface area contributed by atoms with Gasteiger partial charge in [-0.25, -0.2) is 0 Å². The molecule has 2 rings (SSSR count). The van der Waals surface area contributed by atoms with E-state index in [0.717, 1.165) is 18.4 Å². The zero-order valence-electron chi connectivity index (χ0n) is 11.8. The van der Waals surface area contributed by atoms with E-state index in [-0.39, 0.29) is 0 Å². The van der Waals surface area contributed by atoms with Crippen molar-refractivity contribution < 1.29 is 0 Å². The first-order chi connectivity index (χ1) is 8.76. The van der Waals surface area contributed by atoms with Gasteiger partial charge in [-0.2, -0.15) is 0 Å². The van der Waals surface area contributed by atoms with Gasteiger partial charge >= 0.3 is 0 Å². The van der Waals surface area contributed by atoms with Gasteiger partial charge in [0.2, 0.25) is 0 Å². The fraction of sp³-hybridized carbons (Fsp3) is 0.625. The third kappa shape index (κ3) is 3.10. The fourth-order valence-corrected chi connectivity index (χ4v) is 4.32. The number of nitrogens with one attached hydrogen (secondary N) is 1. The van der Waals surface area contributed by atoms with Gasteiger partial charge in [0.15, 0.2) is 0 Å². The summed E-state index contributed by atoms with van der Waals surface area (Å²) in [7, 11) is 0. The van der Waals surface area contributed by atoms with E-state index in [9.17, 15) is 0 Å². The third-order valence-corrected chi connectivity index (χ3v) is 5.30. The smallest absolute Gasteiger partial charge is 0.0107 e. The van der Waals surface area contributed by atoms with Crippen LogP contribution in [0.4, 0.5) is 0 Å². The lowest BCUT2D eigenvalue weighted by atomic mass is 9.86. The summed E-state index contributed by atoms with van der Waals surface area (Å²) in [6.07, 6.45) is 2.55. The van der Waals surface area contributed by atoms with Gasteiger partial charge in [0, 0.05) is 16.7 Å². The molecule has 2 heteroatoms. The molecule has 1 aromatic carbocycles. The maximum atomic E-state index is 3.62. The van der Waals surface area contributed by atoms with Crippen molar-refractivity contribution in [3.05, 3.63) is 29.8 Å². The Labute approximate surface area is 116 Å².